The number of pyridine rings is 1. The summed E-state index contributed by atoms with van der Waals surface area (Å²) in [5.74, 6) is -1.69. The molecular formula is C48H26N8O7. The third kappa shape index (κ3) is 5.83. The molecule has 3 N–H and O–H groups in total. The fourth-order valence-electron chi connectivity index (χ4n) is 8.33. The van der Waals surface area contributed by atoms with Gasteiger partial charge >= 0.3 is 0 Å². The maximum Gasteiger partial charge on any atom is 0.271 e. The molecule has 8 aromatic carbocycles. The van der Waals surface area contributed by atoms with Gasteiger partial charge in [0.1, 0.15) is 22.8 Å². The van der Waals surface area contributed by atoms with E-state index < -0.39 is 16.6 Å². The molecular weight excluding hydrogens is 801 g/mol. The Bertz CT molecular complexity index is 3800. The predicted octanol–water partition coefficient (Wildman–Crippen LogP) is 11.4. The number of ketones is 1. The molecule has 15 nitrogen and oxygen atoms in total. The van der Waals surface area contributed by atoms with E-state index in [0.717, 1.165) is 5.39 Å². The second kappa shape index (κ2) is 13.9. The molecule has 0 bridgehead atoms. The van der Waals surface area contributed by atoms with Gasteiger partial charge in [-0.1, -0.05) is 72.8 Å². The number of benzene rings is 8. The number of aromatic hydroxyl groups is 2. The molecule has 0 saturated heterocycles. The van der Waals surface area contributed by atoms with E-state index >= 15 is 0 Å². The van der Waals surface area contributed by atoms with Crippen molar-refractivity contribution < 1.29 is 24.7 Å². The van der Waals surface area contributed by atoms with Crippen LogP contribution < -0.4 is 10.9 Å². The lowest BCUT2D eigenvalue weighted by Gasteiger charge is -2.11. The van der Waals surface area contributed by atoms with Crippen LogP contribution >= 0.6 is 0 Å². The smallest absolute Gasteiger partial charge is 0.271 e. The number of phenols is 2. The van der Waals surface area contributed by atoms with Gasteiger partial charge in [0, 0.05) is 50.5 Å². The van der Waals surface area contributed by atoms with E-state index in [2.05, 4.69) is 25.8 Å². The summed E-state index contributed by atoms with van der Waals surface area (Å²) in [6.45, 7) is 0. The summed E-state index contributed by atoms with van der Waals surface area (Å²) in [5.41, 5.74) is 4.26. The largest absolute Gasteiger partial charge is 0.506 e. The molecule has 2 aromatic heterocycles. The fraction of sp³-hybridized carbons (Fsp3) is 0. The van der Waals surface area contributed by atoms with Gasteiger partial charge in [-0.05, 0) is 71.1 Å². The first-order chi connectivity index (χ1) is 30.6. The summed E-state index contributed by atoms with van der Waals surface area (Å²) in [6.07, 6.45) is 0. The Balaban J connectivity index is 0.896. The van der Waals surface area contributed by atoms with Crippen LogP contribution in [0, 0.1) is 10.1 Å². The molecule has 11 rings (SSSR count). The standard InChI is InChI=1S/C48H26N8O7/c57-40-23-36-41-32(11-6-12-33(41)46-50-38-13-3-4-14-39(38)55(46)48(36)61)42(40)53-51-26-15-17-30-31-18-16-27(22-35(31)44(58)34(30)21-26)52-54-43-29-10-2-1-7-24(29)19-37(45(43)59)47(60)49-25-8-5-9-28(20-25)56(62)63/h1-23,57,59H,(H,49,60). The molecule has 0 unspecified atom stereocenters. The number of rotatable bonds is 7. The Morgan fingerprint density at radius 3 is 2.08 bits per heavy atom. The molecule has 0 saturated carbocycles. The number of imidazole rings is 1. The normalized spacial score (nSPS) is 12.4. The van der Waals surface area contributed by atoms with Crippen LogP contribution in [0.15, 0.2) is 165 Å². The monoisotopic (exact) mass is 826 g/mol. The molecule has 300 valence electrons. The summed E-state index contributed by atoms with van der Waals surface area (Å²) >= 11 is 0. The van der Waals surface area contributed by atoms with Crippen LogP contribution in [0.1, 0.15) is 26.3 Å². The number of fused-ring (bicyclic) bond motifs is 8. The molecule has 1 aliphatic rings. The number of nitro benzene ring substituents is 1. The highest BCUT2D eigenvalue weighted by Crippen LogP contribution is 2.44. The summed E-state index contributed by atoms with van der Waals surface area (Å²) in [5, 5.41) is 57.3. The zero-order valence-corrected chi connectivity index (χ0v) is 32.3. The molecule has 0 spiro atoms. The van der Waals surface area contributed by atoms with Gasteiger partial charge in [-0.3, -0.25) is 28.9 Å². The maximum atomic E-state index is 13.9. The van der Waals surface area contributed by atoms with Crippen molar-refractivity contribution in [3.8, 4) is 22.6 Å². The maximum absolute atomic E-state index is 13.9. The Labute approximate surface area is 353 Å². The summed E-state index contributed by atoms with van der Waals surface area (Å²) < 4.78 is 1.56. The first kappa shape index (κ1) is 36.8. The van der Waals surface area contributed by atoms with Gasteiger partial charge in [-0.2, -0.15) is 10.2 Å². The summed E-state index contributed by atoms with van der Waals surface area (Å²) in [4.78, 5) is 56.5. The Morgan fingerprint density at radius 2 is 1.32 bits per heavy atom. The van der Waals surface area contributed by atoms with E-state index in [1.165, 1.54) is 36.4 Å². The van der Waals surface area contributed by atoms with Crippen LogP contribution in [0.2, 0.25) is 0 Å². The third-order valence-corrected chi connectivity index (χ3v) is 11.2. The van der Waals surface area contributed by atoms with Crippen molar-refractivity contribution in [3.05, 3.63) is 177 Å². The summed E-state index contributed by atoms with van der Waals surface area (Å²) in [7, 11) is 0. The molecule has 0 fully saturated rings. The zero-order chi connectivity index (χ0) is 43.1. The van der Waals surface area contributed by atoms with E-state index in [9.17, 15) is 34.7 Å². The van der Waals surface area contributed by atoms with Crippen LogP contribution in [-0.2, 0) is 0 Å². The summed E-state index contributed by atoms with van der Waals surface area (Å²) in [6, 6.07) is 38.2. The third-order valence-electron chi connectivity index (χ3n) is 11.2. The number of aromatic nitrogens is 2. The second-order valence-corrected chi connectivity index (χ2v) is 14.9. The highest BCUT2D eigenvalue weighted by molar-refractivity contribution is 6.22. The Kier molecular flexibility index (Phi) is 8.13. The SMILES string of the molecule is O=C1c2cc(N=Nc3c(O)c(C(=O)Nc4cccc([N+](=O)[O-])c4)cc4ccccc34)ccc2-c2ccc(N=Nc3c(O)cc4c(=O)n5c6ccccc6nc5c5cccc3c45)cc21. The number of nitro groups is 1. The number of hydrogen-bond acceptors (Lipinski definition) is 12. The fourth-order valence-corrected chi connectivity index (χ4v) is 8.33. The molecule has 0 aliphatic heterocycles. The van der Waals surface area contributed by atoms with Crippen LogP contribution in [0.4, 0.5) is 34.1 Å². The van der Waals surface area contributed by atoms with Gasteiger partial charge in [0.2, 0.25) is 0 Å². The van der Waals surface area contributed by atoms with Crippen molar-refractivity contribution >= 4 is 94.8 Å². The highest BCUT2D eigenvalue weighted by atomic mass is 16.6. The minimum Gasteiger partial charge on any atom is -0.506 e. The van der Waals surface area contributed by atoms with Crippen molar-refractivity contribution in [2.24, 2.45) is 20.5 Å². The molecule has 63 heavy (non-hydrogen) atoms. The number of non-ortho nitro benzene ring substituents is 1. The number of carbonyl (C=O) groups excluding carboxylic acids is 2. The molecule has 10 aromatic rings. The van der Waals surface area contributed by atoms with Crippen LogP contribution in [0.3, 0.4) is 0 Å². The minimum absolute atomic E-state index is 0.00989. The highest BCUT2D eigenvalue weighted by Gasteiger charge is 2.28. The molecule has 1 amide bonds. The molecule has 0 atom stereocenters. The Hall–Kier alpha value is -9.24. The average molecular weight is 827 g/mol. The molecule has 2 heterocycles. The lowest BCUT2D eigenvalue weighted by atomic mass is 10.0. The van der Waals surface area contributed by atoms with Crippen molar-refractivity contribution in [2.45, 2.75) is 0 Å². The average Bonchev–Trinajstić information content (AvgIpc) is 3.82. The van der Waals surface area contributed by atoms with E-state index in [1.54, 1.807) is 71.1 Å². The first-order valence-corrected chi connectivity index (χ1v) is 19.4. The van der Waals surface area contributed by atoms with Crippen LogP contribution in [-0.4, -0.2) is 36.2 Å². The minimum atomic E-state index is -0.717. The quantitative estimate of drug-likeness (QED) is 0.0796. The van der Waals surface area contributed by atoms with Gasteiger partial charge in [-0.25, -0.2) is 4.98 Å². The van der Waals surface area contributed by atoms with Crippen molar-refractivity contribution in [1.29, 1.82) is 0 Å². The van der Waals surface area contributed by atoms with Crippen molar-refractivity contribution in [2.75, 3.05) is 5.32 Å². The van der Waals surface area contributed by atoms with Gasteiger partial charge in [0.15, 0.2) is 11.5 Å². The van der Waals surface area contributed by atoms with Gasteiger partial charge < -0.3 is 15.5 Å². The second-order valence-electron chi connectivity index (χ2n) is 14.9. The van der Waals surface area contributed by atoms with E-state index in [0.29, 0.717) is 77.2 Å². The van der Waals surface area contributed by atoms with Gasteiger partial charge in [0.25, 0.3) is 17.2 Å². The number of carbonyl (C=O) groups is 2. The number of anilines is 1. The number of nitrogens with zero attached hydrogens (tertiary/aromatic N) is 7. The van der Waals surface area contributed by atoms with E-state index in [-0.39, 0.29) is 45.4 Å². The lowest BCUT2D eigenvalue weighted by molar-refractivity contribution is -0.384. The number of azo groups is 2. The van der Waals surface area contributed by atoms with Crippen molar-refractivity contribution in [1.82, 2.24) is 9.38 Å². The number of hydrogen-bond donors (Lipinski definition) is 3. The predicted molar refractivity (Wildman–Crippen MR) is 237 cm³/mol. The van der Waals surface area contributed by atoms with Crippen molar-refractivity contribution in [3.63, 3.8) is 0 Å². The Morgan fingerprint density at radius 1 is 0.651 bits per heavy atom. The molecule has 15 heteroatoms. The van der Waals surface area contributed by atoms with Gasteiger partial charge in [-0.15, -0.1) is 10.2 Å². The number of nitrogens with one attached hydrogen (secondary N) is 1. The molecule has 0 radical (unpaired) electrons. The van der Waals surface area contributed by atoms with E-state index in [1.807, 2.05) is 36.4 Å². The number of phenolic OH excluding ortho intramolecular Hbond substituents is 2. The van der Waals surface area contributed by atoms with Crippen LogP contribution in [0.25, 0.3) is 60.1 Å². The van der Waals surface area contributed by atoms with Gasteiger partial charge in [0.05, 0.1) is 38.3 Å². The topological polar surface area (TPSA) is 214 Å². The van der Waals surface area contributed by atoms with E-state index in [4.69, 9.17) is 4.98 Å². The number of amides is 1. The molecule has 1 aliphatic carbocycles. The van der Waals surface area contributed by atoms with Crippen LogP contribution in [0.5, 0.6) is 11.5 Å². The lowest BCUT2D eigenvalue weighted by Crippen LogP contribution is -2.13. The first-order valence-electron chi connectivity index (χ1n) is 19.4. The zero-order valence-electron chi connectivity index (χ0n) is 32.3. The number of para-hydroxylation sites is 2.